The summed E-state index contributed by atoms with van der Waals surface area (Å²) in [5.74, 6) is -1.12. The van der Waals surface area contributed by atoms with E-state index in [1.54, 1.807) is 24.3 Å². The first-order valence-electron chi connectivity index (χ1n) is 6.73. The number of hydrogen-bond acceptors (Lipinski definition) is 3. The number of rotatable bonds is 2. The van der Waals surface area contributed by atoms with Gasteiger partial charge < -0.3 is 0 Å². The van der Waals surface area contributed by atoms with E-state index in [9.17, 15) is 14.4 Å². The molecule has 1 saturated carbocycles. The van der Waals surface area contributed by atoms with E-state index in [-0.39, 0.29) is 29.9 Å². The summed E-state index contributed by atoms with van der Waals surface area (Å²) in [5.41, 5.74) is 0.525. The predicted octanol–water partition coefficient (Wildman–Crippen LogP) is 2.59. The van der Waals surface area contributed by atoms with Crippen molar-refractivity contribution < 1.29 is 14.4 Å². The molecule has 5 heteroatoms. The lowest BCUT2D eigenvalue weighted by atomic mass is 9.89. The standard InChI is InChI=1S/C15H14ClNO3/c16-9-4-6-10(7-5-9)17-14(19)8-12(15(17)20)11-2-1-3-13(11)18/h4-7,11-12H,1-3,8H2. The number of benzene rings is 1. The number of imide groups is 1. The molecule has 2 aliphatic rings. The first kappa shape index (κ1) is 13.3. The maximum absolute atomic E-state index is 12.5. The molecule has 1 aromatic rings. The Morgan fingerprint density at radius 3 is 2.35 bits per heavy atom. The molecule has 20 heavy (non-hydrogen) atoms. The monoisotopic (exact) mass is 291 g/mol. The van der Waals surface area contributed by atoms with Gasteiger partial charge in [0.25, 0.3) is 0 Å². The third-order valence-electron chi connectivity index (χ3n) is 4.10. The molecule has 2 atom stereocenters. The maximum atomic E-state index is 12.5. The summed E-state index contributed by atoms with van der Waals surface area (Å²) in [7, 11) is 0. The van der Waals surface area contributed by atoms with E-state index >= 15 is 0 Å². The van der Waals surface area contributed by atoms with Crippen molar-refractivity contribution in [3.8, 4) is 0 Å². The molecule has 0 aromatic heterocycles. The lowest BCUT2D eigenvalue weighted by Crippen LogP contribution is -2.33. The highest BCUT2D eigenvalue weighted by Gasteiger charge is 2.46. The van der Waals surface area contributed by atoms with Gasteiger partial charge in [0.1, 0.15) is 5.78 Å². The molecule has 4 nitrogen and oxygen atoms in total. The second kappa shape index (κ2) is 5.02. The van der Waals surface area contributed by atoms with Gasteiger partial charge in [0, 0.05) is 23.8 Å². The zero-order valence-electron chi connectivity index (χ0n) is 10.8. The number of Topliss-reactive ketones (excluding diaryl/α,β-unsaturated/α-hetero) is 1. The van der Waals surface area contributed by atoms with Crippen LogP contribution in [-0.2, 0) is 14.4 Å². The van der Waals surface area contributed by atoms with Crippen molar-refractivity contribution >= 4 is 34.9 Å². The Morgan fingerprint density at radius 1 is 1.05 bits per heavy atom. The van der Waals surface area contributed by atoms with Crippen molar-refractivity contribution in [2.75, 3.05) is 4.90 Å². The van der Waals surface area contributed by atoms with Gasteiger partial charge >= 0.3 is 0 Å². The number of amides is 2. The summed E-state index contributed by atoms with van der Waals surface area (Å²) in [6.07, 6.45) is 2.21. The van der Waals surface area contributed by atoms with Crippen LogP contribution < -0.4 is 4.90 Å². The summed E-state index contributed by atoms with van der Waals surface area (Å²) < 4.78 is 0. The van der Waals surface area contributed by atoms with Gasteiger partial charge in [0.05, 0.1) is 11.6 Å². The van der Waals surface area contributed by atoms with Gasteiger partial charge in [-0.25, -0.2) is 0 Å². The Balaban J connectivity index is 1.87. The average Bonchev–Trinajstić information content (AvgIpc) is 2.95. The van der Waals surface area contributed by atoms with E-state index < -0.39 is 5.92 Å². The second-order valence-electron chi connectivity index (χ2n) is 5.32. The molecule has 3 rings (SSSR count). The van der Waals surface area contributed by atoms with Crippen LogP contribution in [0.2, 0.25) is 5.02 Å². The van der Waals surface area contributed by atoms with Gasteiger partial charge in [-0.3, -0.25) is 19.3 Å². The van der Waals surface area contributed by atoms with Crippen LogP contribution in [0.25, 0.3) is 0 Å². The van der Waals surface area contributed by atoms with E-state index in [0.717, 1.165) is 12.8 Å². The van der Waals surface area contributed by atoms with Gasteiger partial charge in [0.15, 0.2) is 0 Å². The average molecular weight is 292 g/mol. The number of nitrogens with zero attached hydrogens (tertiary/aromatic N) is 1. The van der Waals surface area contributed by atoms with Gasteiger partial charge in [-0.05, 0) is 37.1 Å². The van der Waals surface area contributed by atoms with Crippen LogP contribution in [0.4, 0.5) is 5.69 Å². The SMILES string of the molecule is O=C1CCCC1C1CC(=O)N(c2ccc(Cl)cc2)C1=O. The van der Waals surface area contributed by atoms with Crippen molar-refractivity contribution in [3.63, 3.8) is 0 Å². The lowest BCUT2D eigenvalue weighted by Gasteiger charge is -2.17. The molecule has 0 radical (unpaired) electrons. The molecule has 1 aliphatic heterocycles. The fraction of sp³-hybridized carbons (Fsp3) is 0.400. The molecule has 0 bridgehead atoms. The van der Waals surface area contributed by atoms with Crippen molar-refractivity contribution in [2.45, 2.75) is 25.7 Å². The van der Waals surface area contributed by atoms with Crippen LogP contribution in [-0.4, -0.2) is 17.6 Å². The molecule has 2 amide bonds. The first-order chi connectivity index (χ1) is 9.58. The number of hydrogen-bond donors (Lipinski definition) is 0. The smallest absolute Gasteiger partial charge is 0.238 e. The highest BCUT2D eigenvalue weighted by molar-refractivity contribution is 6.30. The van der Waals surface area contributed by atoms with Gasteiger partial charge in [-0.15, -0.1) is 0 Å². The van der Waals surface area contributed by atoms with Crippen LogP contribution in [0.3, 0.4) is 0 Å². The van der Waals surface area contributed by atoms with Crippen LogP contribution in [0.1, 0.15) is 25.7 Å². The summed E-state index contributed by atoms with van der Waals surface area (Å²) in [4.78, 5) is 37.5. The van der Waals surface area contributed by atoms with Crippen LogP contribution in [0, 0.1) is 11.8 Å². The third kappa shape index (κ3) is 2.14. The van der Waals surface area contributed by atoms with Crippen LogP contribution in [0.5, 0.6) is 0 Å². The number of carbonyl (C=O) groups excluding carboxylic acids is 3. The van der Waals surface area contributed by atoms with Gasteiger partial charge in [0.2, 0.25) is 11.8 Å². The normalized spacial score (nSPS) is 26.6. The fourth-order valence-electron chi connectivity index (χ4n) is 3.10. The number of halogens is 1. The molecule has 1 saturated heterocycles. The van der Waals surface area contributed by atoms with E-state index in [4.69, 9.17) is 11.6 Å². The zero-order chi connectivity index (χ0) is 14.3. The van der Waals surface area contributed by atoms with Crippen LogP contribution in [0.15, 0.2) is 24.3 Å². The van der Waals surface area contributed by atoms with Gasteiger partial charge in [-0.1, -0.05) is 11.6 Å². The molecule has 0 N–H and O–H groups in total. The van der Waals surface area contributed by atoms with E-state index in [2.05, 4.69) is 0 Å². The fourth-order valence-corrected chi connectivity index (χ4v) is 3.23. The number of carbonyl (C=O) groups is 3. The molecule has 2 unspecified atom stereocenters. The van der Waals surface area contributed by atoms with E-state index in [0.29, 0.717) is 17.1 Å². The minimum atomic E-state index is -0.479. The Hall–Kier alpha value is -1.68. The Labute approximate surface area is 121 Å². The van der Waals surface area contributed by atoms with Crippen LogP contribution >= 0.6 is 11.6 Å². The van der Waals surface area contributed by atoms with Crippen molar-refractivity contribution in [3.05, 3.63) is 29.3 Å². The molecular weight excluding hydrogens is 278 g/mol. The highest BCUT2D eigenvalue weighted by Crippen LogP contribution is 2.37. The summed E-state index contributed by atoms with van der Waals surface area (Å²) in [6, 6.07) is 6.59. The van der Waals surface area contributed by atoms with Gasteiger partial charge in [-0.2, -0.15) is 0 Å². The largest absolute Gasteiger partial charge is 0.299 e. The second-order valence-corrected chi connectivity index (χ2v) is 5.76. The minimum Gasteiger partial charge on any atom is -0.299 e. The molecule has 1 heterocycles. The van der Waals surface area contributed by atoms with E-state index in [1.807, 2.05) is 0 Å². The summed E-state index contributed by atoms with van der Waals surface area (Å²) in [6.45, 7) is 0. The van der Waals surface area contributed by atoms with Crippen molar-refractivity contribution in [1.29, 1.82) is 0 Å². The summed E-state index contributed by atoms with van der Waals surface area (Å²) in [5, 5.41) is 0.551. The summed E-state index contributed by atoms with van der Waals surface area (Å²) >= 11 is 5.81. The zero-order valence-corrected chi connectivity index (χ0v) is 11.6. The molecule has 1 aliphatic carbocycles. The molecular formula is C15H14ClNO3. The first-order valence-corrected chi connectivity index (χ1v) is 7.11. The topological polar surface area (TPSA) is 54.5 Å². The van der Waals surface area contributed by atoms with E-state index in [1.165, 1.54) is 4.90 Å². The van der Waals surface area contributed by atoms with Crippen molar-refractivity contribution in [1.82, 2.24) is 0 Å². The Morgan fingerprint density at radius 2 is 1.75 bits per heavy atom. The number of anilines is 1. The lowest BCUT2D eigenvalue weighted by molar-refractivity contribution is -0.129. The quantitative estimate of drug-likeness (QED) is 0.787. The maximum Gasteiger partial charge on any atom is 0.238 e. The molecule has 1 aromatic carbocycles. The Kier molecular flexibility index (Phi) is 3.34. The predicted molar refractivity (Wildman–Crippen MR) is 74.4 cm³/mol. The molecule has 104 valence electrons. The Bertz CT molecular complexity index is 581. The molecule has 0 spiro atoms. The third-order valence-corrected chi connectivity index (χ3v) is 4.36. The highest BCUT2D eigenvalue weighted by atomic mass is 35.5. The van der Waals surface area contributed by atoms with Crippen molar-refractivity contribution in [2.24, 2.45) is 11.8 Å². The minimum absolute atomic E-state index is 0.120. The molecule has 2 fully saturated rings. The number of ketones is 1.